The number of fused-ring (bicyclic) bond motifs is 1. The molecule has 3 rings (SSSR count). The van der Waals surface area contributed by atoms with Gasteiger partial charge in [0.15, 0.2) is 0 Å². The van der Waals surface area contributed by atoms with Crippen LogP contribution in [-0.2, 0) is 22.4 Å². The smallest absolute Gasteiger partial charge is 0.262 e. The molecule has 0 spiro atoms. The summed E-state index contributed by atoms with van der Waals surface area (Å²) in [6.07, 6.45) is 5.10. The minimum atomic E-state index is -0.775. The molecule has 7 nitrogen and oxygen atoms in total. The van der Waals surface area contributed by atoms with Gasteiger partial charge in [-0.3, -0.25) is 4.79 Å². The third kappa shape index (κ3) is 7.34. The van der Waals surface area contributed by atoms with Crippen molar-refractivity contribution in [2.24, 2.45) is 0 Å². The minimum absolute atomic E-state index is 0.0134. The van der Waals surface area contributed by atoms with Crippen molar-refractivity contribution in [3.8, 4) is 6.07 Å². The van der Waals surface area contributed by atoms with Crippen molar-refractivity contribution in [3.63, 3.8) is 0 Å². The van der Waals surface area contributed by atoms with Crippen LogP contribution in [0, 0.1) is 11.3 Å². The Morgan fingerprint density at radius 2 is 2.00 bits per heavy atom. The van der Waals surface area contributed by atoms with Crippen LogP contribution in [0.3, 0.4) is 0 Å². The summed E-state index contributed by atoms with van der Waals surface area (Å²) in [6, 6.07) is 13.5. The van der Waals surface area contributed by atoms with Gasteiger partial charge in [0.1, 0.15) is 23.2 Å². The number of ether oxygens (including phenoxy) is 1. The Morgan fingerprint density at radius 1 is 1.24 bits per heavy atom. The van der Waals surface area contributed by atoms with Gasteiger partial charge >= 0.3 is 0 Å². The van der Waals surface area contributed by atoms with E-state index in [2.05, 4.69) is 10.3 Å². The van der Waals surface area contributed by atoms with Gasteiger partial charge < -0.3 is 24.6 Å². The molecule has 0 saturated carbocycles. The number of aromatic nitrogens is 1. The molecule has 0 aliphatic carbocycles. The van der Waals surface area contributed by atoms with Gasteiger partial charge in [-0.05, 0) is 64.3 Å². The first-order valence-electron chi connectivity index (χ1n) is 11.5. The fraction of sp³-hybridized carbons (Fsp3) is 0.407. The Bertz CT molecular complexity index is 1190. The molecule has 1 amide bonds. The molecule has 0 saturated heterocycles. The van der Waals surface area contributed by atoms with E-state index in [1.807, 2.05) is 56.4 Å². The van der Waals surface area contributed by atoms with Gasteiger partial charge in [0.25, 0.3) is 5.91 Å². The molecule has 0 bridgehead atoms. The zero-order chi connectivity index (χ0) is 24.8. The molecule has 0 atom stereocenters. The van der Waals surface area contributed by atoms with Gasteiger partial charge in [0, 0.05) is 36.1 Å². The molecule has 34 heavy (non-hydrogen) atoms. The normalized spacial score (nSPS) is 12.6. The number of carbonyl (C=O) groups is 1. The first-order chi connectivity index (χ1) is 16.1. The zero-order valence-corrected chi connectivity index (χ0v) is 20.3. The van der Waals surface area contributed by atoms with Gasteiger partial charge in [-0.25, -0.2) is 0 Å². The van der Waals surface area contributed by atoms with Crippen LogP contribution in [0.2, 0.25) is 0 Å². The average molecular weight is 464 g/mol. The molecule has 0 aliphatic rings. The van der Waals surface area contributed by atoms with Crippen molar-refractivity contribution in [1.82, 2.24) is 10.3 Å². The van der Waals surface area contributed by atoms with Crippen molar-refractivity contribution in [1.29, 1.82) is 5.26 Å². The Hall–Kier alpha value is -3.34. The average Bonchev–Trinajstić information content (AvgIpc) is 3.37. The second-order valence-corrected chi connectivity index (χ2v) is 9.69. The van der Waals surface area contributed by atoms with Crippen LogP contribution in [0.5, 0.6) is 0 Å². The molecule has 2 aromatic heterocycles. The van der Waals surface area contributed by atoms with Crippen LogP contribution in [-0.4, -0.2) is 40.4 Å². The Balaban J connectivity index is 1.54. The number of furan rings is 1. The van der Waals surface area contributed by atoms with Crippen LogP contribution < -0.4 is 5.32 Å². The van der Waals surface area contributed by atoms with Gasteiger partial charge in [0.2, 0.25) is 0 Å². The van der Waals surface area contributed by atoms with Crippen LogP contribution in [0.1, 0.15) is 51.2 Å². The van der Waals surface area contributed by atoms with Crippen LogP contribution >= 0.6 is 0 Å². The summed E-state index contributed by atoms with van der Waals surface area (Å²) in [5, 5.41) is 23.2. The highest BCUT2D eigenvalue weighted by molar-refractivity contribution is 6.01. The molecule has 0 aliphatic heterocycles. The molecule has 0 unspecified atom stereocenters. The van der Waals surface area contributed by atoms with Crippen molar-refractivity contribution in [2.45, 2.75) is 58.2 Å². The number of hydrogen-bond donors (Lipinski definition) is 3. The minimum Gasteiger partial charge on any atom is -0.462 e. The molecule has 0 fully saturated rings. The third-order valence-electron chi connectivity index (χ3n) is 5.50. The lowest BCUT2D eigenvalue weighted by Gasteiger charge is -2.26. The summed E-state index contributed by atoms with van der Waals surface area (Å²) in [7, 11) is 0. The molecule has 3 aromatic rings. The summed E-state index contributed by atoms with van der Waals surface area (Å²) in [5.41, 5.74) is 0.896. The van der Waals surface area contributed by atoms with Crippen molar-refractivity contribution in [2.75, 3.05) is 13.2 Å². The number of nitrogens with one attached hydrogen (secondary N) is 2. The maximum atomic E-state index is 12.5. The highest BCUT2D eigenvalue weighted by atomic mass is 16.5. The summed E-state index contributed by atoms with van der Waals surface area (Å²) in [4.78, 5) is 15.7. The van der Waals surface area contributed by atoms with E-state index in [0.717, 1.165) is 16.5 Å². The molecule has 3 N–H and O–H groups in total. The lowest BCUT2D eigenvalue weighted by Crippen LogP contribution is -2.30. The van der Waals surface area contributed by atoms with E-state index >= 15 is 0 Å². The van der Waals surface area contributed by atoms with Crippen LogP contribution in [0.4, 0.5) is 0 Å². The Morgan fingerprint density at radius 3 is 2.74 bits per heavy atom. The maximum absolute atomic E-state index is 12.5. The number of nitrogens with zero attached hydrogens (tertiary/aromatic N) is 1. The molecule has 7 heteroatoms. The Labute approximate surface area is 200 Å². The number of benzene rings is 1. The molecular weight excluding hydrogens is 430 g/mol. The van der Waals surface area contributed by atoms with Crippen molar-refractivity contribution < 1.29 is 19.1 Å². The summed E-state index contributed by atoms with van der Waals surface area (Å²) in [5.74, 6) is 0.692. The van der Waals surface area contributed by atoms with Crippen molar-refractivity contribution >= 4 is 22.9 Å². The van der Waals surface area contributed by atoms with E-state index < -0.39 is 17.1 Å². The topological polar surface area (TPSA) is 111 Å². The summed E-state index contributed by atoms with van der Waals surface area (Å²) < 4.78 is 11.7. The van der Waals surface area contributed by atoms with Gasteiger partial charge in [-0.1, -0.05) is 18.2 Å². The fourth-order valence-corrected chi connectivity index (χ4v) is 3.65. The first kappa shape index (κ1) is 25.3. The molecule has 0 radical (unpaired) electrons. The lowest BCUT2D eigenvalue weighted by atomic mass is 10.0. The van der Waals surface area contributed by atoms with E-state index in [9.17, 15) is 15.2 Å². The number of rotatable bonds is 11. The quantitative estimate of drug-likeness (QED) is 0.286. The van der Waals surface area contributed by atoms with Crippen LogP contribution in [0.25, 0.3) is 17.0 Å². The number of aliphatic hydroxyl groups is 1. The van der Waals surface area contributed by atoms with E-state index in [1.54, 1.807) is 19.9 Å². The molecule has 2 heterocycles. The van der Waals surface area contributed by atoms with E-state index in [0.29, 0.717) is 43.9 Å². The third-order valence-corrected chi connectivity index (χ3v) is 5.50. The monoisotopic (exact) mass is 463 g/mol. The van der Waals surface area contributed by atoms with Gasteiger partial charge in [0.05, 0.1) is 17.8 Å². The van der Waals surface area contributed by atoms with E-state index in [4.69, 9.17) is 9.15 Å². The zero-order valence-electron chi connectivity index (χ0n) is 20.3. The molecular formula is C27H33N3O4. The van der Waals surface area contributed by atoms with E-state index in [-0.39, 0.29) is 5.57 Å². The highest BCUT2D eigenvalue weighted by Gasteiger charge is 2.23. The number of carbonyl (C=O) groups excluding carboxylic acids is 1. The fourth-order valence-electron chi connectivity index (χ4n) is 3.65. The standard InChI is InChI=1S/C27H33N3O4/c1-26(2,32)12-14-33-27(3,4)16-22-10-9-21(34-22)15-20(17-28)25(31)29-13-11-19-18-30-24-8-6-5-7-23(19)24/h5-10,15,18,30,32H,11-14,16H2,1-4H3,(H,29,31)/b20-15+. The maximum Gasteiger partial charge on any atom is 0.262 e. The number of H-pyrrole nitrogens is 1. The van der Waals surface area contributed by atoms with Crippen molar-refractivity contribution in [3.05, 3.63) is 65.3 Å². The second-order valence-electron chi connectivity index (χ2n) is 9.69. The number of hydrogen-bond acceptors (Lipinski definition) is 5. The summed E-state index contributed by atoms with van der Waals surface area (Å²) in [6.45, 7) is 8.26. The number of para-hydroxylation sites is 1. The van der Waals surface area contributed by atoms with Gasteiger partial charge in [-0.2, -0.15) is 5.26 Å². The SMILES string of the molecule is CC(C)(O)CCOC(C)(C)Cc1ccc(/C=C(\C#N)C(=O)NCCc2c[nH]c3ccccc23)o1. The molecule has 1 aromatic carbocycles. The highest BCUT2D eigenvalue weighted by Crippen LogP contribution is 2.22. The predicted molar refractivity (Wildman–Crippen MR) is 132 cm³/mol. The lowest BCUT2D eigenvalue weighted by molar-refractivity contribution is -0.117. The van der Waals surface area contributed by atoms with E-state index in [1.165, 1.54) is 6.08 Å². The predicted octanol–water partition coefficient (Wildman–Crippen LogP) is 4.53. The summed E-state index contributed by atoms with van der Waals surface area (Å²) >= 11 is 0. The van der Waals surface area contributed by atoms with Crippen LogP contribution in [0.15, 0.2) is 52.6 Å². The largest absolute Gasteiger partial charge is 0.462 e. The van der Waals surface area contributed by atoms with Gasteiger partial charge in [-0.15, -0.1) is 0 Å². The molecule has 180 valence electrons. The second kappa shape index (κ2) is 10.7. The number of aromatic amines is 1. The first-order valence-corrected chi connectivity index (χ1v) is 11.5. The number of nitriles is 1. The number of amides is 1. The Kier molecular flexibility index (Phi) is 7.98.